The van der Waals surface area contributed by atoms with Crippen LogP contribution in [0.1, 0.15) is 41.2 Å². The van der Waals surface area contributed by atoms with Crippen molar-refractivity contribution in [3.05, 3.63) is 59.2 Å². The van der Waals surface area contributed by atoms with Crippen LogP contribution in [0.2, 0.25) is 0 Å². The number of nitrogens with zero attached hydrogens (tertiary/aromatic N) is 2. The Morgan fingerprint density at radius 2 is 2.20 bits per heavy atom. The highest BCUT2D eigenvalue weighted by molar-refractivity contribution is 5.31. The lowest BCUT2D eigenvalue weighted by atomic mass is 9.93. The first-order valence-electron chi connectivity index (χ1n) is 6.98. The molecule has 0 saturated heterocycles. The molecule has 0 spiro atoms. The molecule has 1 aliphatic rings. The van der Waals surface area contributed by atoms with E-state index in [1.54, 1.807) is 6.20 Å². The van der Waals surface area contributed by atoms with Crippen LogP contribution in [-0.2, 0) is 11.2 Å². The minimum Gasteiger partial charge on any atom is -0.373 e. The Kier molecular flexibility index (Phi) is 3.76. The molecule has 2 unspecified atom stereocenters. The van der Waals surface area contributed by atoms with E-state index >= 15 is 0 Å². The highest BCUT2D eigenvalue weighted by Crippen LogP contribution is 2.32. The van der Waals surface area contributed by atoms with Gasteiger partial charge in [0.2, 0.25) is 0 Å². The Bertz CT molecular complexity index is 600. The number of hydrogen-bond acceptors (Lipinski definition) is 4. The smallest absolute Gasteiger partial charge is 0.125 e. The predicted molar refractivity (Wildman–Crippen MR) is 77.2 cm³/mol. The second-order valence-electron chi connectivity index (χ2n) is 5.18. The fourth-order valence-electron chi connectivity index (χ4n) is 2.70. The van der Waals surface area contributed by atoms with Gasteiger partial charge in [-0.1, -0.05) is 24.3 Å². The zero-order valence-corrected chi connectivity index (χ0v) is 11.6. The average Bonchev–Trinajstić information content (AvgIpc) is 2.47. The molecule has 2 heterocycles. The number of aromatic nitrogens is 2. The molecular weight excluding hydrogens is 250 g/mol. The third kappa shape index (κ3) is 2.71. The lowest BCUT2D eigenvalue weighted by molar-refractivity contribution is 0.0317. The van der Waals surface area contributed by atoms with Crippen LogP contribution in [0.25, 0.3) is 0 Å². The summed E-state index contributed by atoms with van der Waals surface area (Å²) in [6, 6.07) is 10.2. The highest BCUT2D eigenvalue weighted by Gasteiger charge is 2.23. The van der Waals surface area contributed by atoms with Crippen LogP contribution >= 0.6 is 0 Å². The largest absolute Gasteiger partial charge is 0.373 e. The van der Waals surface area contributed by atoms with Gasteiger partial charge in [-0.2, -0.15) is 0 Å². The molecule has 0 amide bonds. The van der Waals surface area contributed by atoms with E-state index in [4.69, 9.17) is 10.5 Å². The third-order valence-corrected chi connectivity index (χ3v) is 3.74. The number of ether oxygens (including phenoxy) is 1. The quantitative estimate of drug-likeness (QED) is 0.930. The number of hydrogen-bond donors (Lipinski definition) is 1. The van der Waals surface area contributed by atoms with Gasteiger partial charge < -0.3 is 10.5 Å². The summed E-state index contributed by atoms with van der Waals surface area (Å²) in [5, 5.41) is 0. The molecule has 0 bridgehead atoms. The molecular formula is C16H19N3O. The number of aryl methyl sites for hydroxylation is 1. The maximum atomic E-state index is 6.28. The molecule has 0 fully saturated rings. The molecule has 0 aliphatic carbocycles. The summed E-state index contributed by atoms with van der Waals surface area (Å²) >= 11 is 0. The summed E-state index contributed by atoms with van der Waals surface area (Å²) in [6.45, 7) is 2.64. The van der Waals surface area contributed by atoms with Crippen LogP contribution in [0.5, 0.6) is 0 Å². The van der Waals surface area contributed by atoms with Crippen molar-refractivity contribution in [1.29, 1.82) is 0 Å². The Hall–Kier alpha value is -1.78. The van der Waals surface area contributed by atoms with Gasteiger partial charge in [-0.25, -0.2) is 9.97 Å². The van der Waals surface area contributed by atoms with Gasteiger partial charge >= 0.3 is 0 Å². The highest BCUT2D eigenvalue weighted by atomic mass is 16.5. The topological polar surface area (TPSA) is 61.0 Å². The van der Waals surface area contributed by atoms with E-state index in [9.17, 15) is 0 Å². The average molecular weight is 269 g/mol. The van der Waals surface area contributed by atoms with E-state index in [1.807, 2.05) is 13.0 Å². The molecule has 1 aromatic carbocycles. The van der Waals surface area contributed by atoms with E-state index in [-0.39, 0.29) is 12.1 Å². The van der Waals surface area contributed by atoms with Crippen LogP contribution < -0.4 is 5.73 Å². The SMILES string of the molecule is Cc1nccc(C(N)CC2OCCc3ccccc32)n1. The van der Waals surface area contributed by atoms with Crippen LogP contribution in [0.15, 0.2) is 36.5 Å². The number of benzene rings is 1. The maximum Gasteiger partial charge on any atom is 0.125 e. The molecule has 0 radical (unpaired) electrons. The van der Waals surface area contributed by atoms with Crippen LogP contribution in [-0.4, -0.2) is 16.6 Å². The fraction of sp³-hybridized carbons (Fsp3) is 0.375. The lowest BCUT2D eigenvalue weighted by Crippen LogP contribution is -2.22. The van der Waals surface area contributed by atoms with Crippen molar-refractivity contribution in [3.63, 3.8) is 0 Å². The Balaban J connectivity index is 1.79. The number of nitrogens with two attached hydrogens (primary N) is 1. The second kappa shape index (κ2) is 5.69. The number of fused-ring (bicyclic) bond motifs is 1. The summed E-state index contributed by atoms with van der Waals surface area (Å²) in [7, 11) is 0. The number of rotatable bonds is 3. The van der Waals surface area contributed by atoms with Crippen molar-refractivity contribution in [2.24, 2.45) is 5.73 Å². The molecule has 104 valence electrons. The molecule has 1 aliphatic heterocycles. The second-order valence-corrected chi connectivity index (χ2v) is 5.18. The van der Waals surface area contributed by atoms with Crippen LogP contribution in [0.4, 0.5) is 0 Å². The van der Waals surface area contributed by atoms with Crippen molar-refractivity contribution < 1.29 is 4.74 Å². The first-order chi connectivity index (χ1) is 9.74. The third-order valence-electron chi connectivity index (χ3n) is 3.74. The monoisotopic (exact) mass is 269 g/mol. The Labute approximate surface area is 119 Å². The first-order valence-corrected chi connectivity index (χ1v) is 6.98. The fourth-order valence-corrected chi connectivity index (χ4v) is 2.70. The summed E-state index contributed by atoms with van der Waals surface area (Å²) < 4.78 is 5.90. The van der Waals surface area contributed by atoms with Gasteiger partial charge in [-0.3, -0.25) is 0 Å². The van der Waals surface area contributed by atoms with Gasteiger partial charge in [-0.05, 0) is 37.0 Å². The van der Waals surface area contributed by atoms with Gasteiger partial charge in [0.25, 0.3) is 0 Å². The zero-order chi connectivity index (χ0) is 13.9. The Morgan fingerprint density at radius 3 is 3.05 bits per heavy atom. The first kappa shape index (κ1) is 13.2. The van der Waals surface area contributed by atoms with E-state index < -0.39 is 0 Å². The predicted octanol–water partition coefficient (Wildman–Crippen LogP) is 2.49. The van der Waals surface area contributed by atoms with Gasteiger partial charge in [0.1, 0.15) is 5.82 Å². The molecule has 20 heavy (non-hydrogen) atoms. The summed E-state index contributed by atoms with van der Waals surface area (Å²) in [5.41, 5.74) is 9.79. The van der Waals surface area contributed by atoms with Crippen molar-refractivity contribution in [3.8, 4) is 0 Å². The normalized spacial score (nSPS) is 19.4. The molecule has 2 N–H and O–H groups in total. The van der Waals surface area contributed by atoms with Crippen molar-refractivity contribution >= 4 is 0 Å². The molecule has 2 aromatic rings. The molecule has 3 rings (SSSR count). The zero-order valence-electron chi connectivity index (χ0n) is 11.6. The minimum atomic E-state index is -0.132. The van der Waals surface area contributed by atoms with Crippen molar-refractivity contribution in [1.82, 2.24) is 9.97 Å². The molecule has 4 nitrogen and oxygen atoms in total. The van der Waals surface area contributed by atoms with E-state index in [2.05, 4.69) is 34.2 Å². The van der Waals surface area contributed by atoms with Gasteiger partial charge in [0.05, 0.1) is 18.4 Å². The van der Waals surface area contributed by atoms with Crippen LogP contribution in [0, 0.1) is 6.92 Å². The van der Waals surface area contributed by atoms with Crippen molar-refractivity contribution in [2.45, 2.75) is 31.9 Å². The van der Waals surface area contributed by atoms with Gasteiger partial charge in [0, 0.05) is 12.2 Å². The summed E-state index contributed by atoms with van der Waals surface area (Å²) in [5.74, 6) is 0.753. The molecule has 4 heteroatoms. The summed E-state index contributed by atoms with van der Waals surface area (Å²) in [4.78, 5) is 8.51. The summed E-state index contributed by atoms with van der Waals surface area (Å²) in [6.07, 6.45) is 3.54. The lowest BCUT2D eigenvalue weighted by Gasteiger charge is -2.28. The van der Waals surface area contributed by atoms with E-state index in [0.717, 1.165) is 31.0 Å². The maximum absolute atomic E-state index is 6.28. The van der Waals surface area contributed by atoms with E-state index in [0.29, 0.717) is 0 Å². The van der Waals surface area contributed by atoms with Crippen molar-refractivity contribution in [2.75, 3.05) is 6.61 Å². The van der Waals surface area contributed by atoms with Gasteiger partial charge in [0.15, 0.2) is 0 Å². The molecule has 0 saturated carbocycles. The molecule has 2 atom stereocenters. The van der Waals surface area contributed by atoms with Crippen LogP contribution in [0.3, 0.4) is 0 Å². The minimum absolute atomic E-state index is 0.0604. The standard InChI is InChI=1S/C16H19N3O/c1-11-18-8-6-15(19-11)14(17)10-16-13-5-3-2-4-12(13)7-9-20-16/h2-6,8,14,16H,7,9-10,17H2,1H3. The Morgan fingerprint density at radius 1 is 1.35 bits per heavy atom. The van der Waals surface area contributed by atoms with E-state index in [1.165, 1.54) is 11.1 Å². The molecule has 1 aromatic heterocycles. The van der Waals surface area contributed by atoms with Gasteiger partial charge in [-0.15, -0.1) is 0 Å².